The highest BCUT2D eigenvalue weighted by Gasteiger charge is 2.37. The Morgan fingerprint density at radius 1 is 1.29 bits per heavy atom. The van der Waals surface area contributed by atoms with Crippen LogP contribution in [0, 0.1) is 0 Å². The molecule has 1 heterocycles. The van der Waals surface area contributed by atoms with Crippen LogP contribution >= 0.6 is 0 Å². The van der Waals surface area contributed by atoms with E-state index in [4.69, 9.17) is 4.74 Å². The molecule has 0 saturated carbocycles. The summed E-state index contributed by atoms with van der Waals surface area (Å²) in [6, 6.07) is 7.92. The highest BCUT2D eigenvalue weighted by atomic mass is 16.5. The second-order valence-electron chi connectivity index (χ2n) is 5.29. The third-order valence-electron chi connectivity index (χ3n) is 3.54. The van der Waals surface area contributed by atoms with Gasteiger partial charge in [0.15, 0.2) is 5.78 Å². The summed E-state index contributed by atoms with van der Waals surface area (Å²) in [5.41, 5.74) is 1.43. The summed E-state index contributed by atoms with van der Waals surface area (Å²) in [4.78, 5) is 12.3. The van der Waals surface area contributed by atoms with E-state index in [1.54, 1.807) is 0 Å². The summed E-state index contributed by atoms with van der Waals surface area (Å²) in [5, 5.41) is 0. The number of carbonyl (C=O) groups is 1. The van der Waals surface area contributed by atoms with Gasteiger partial charge < -0.3 is 4.74 Å². The summed E-state index contributed by atoms with van der Waals surface area (Å²) in [5.74, 6) is 0.614. The molecule has 17 heavy (non-hydrogen) atoms. The fourth-order valence-corrected chi connectivity index (χ4v) is 2.28. The average Bonchev–Trinajstić information content (AvgIpc) is 2.76. The van der Waals surface area contributed by atoms with E-state index in [-0.39, 0.29) is 5.78 Å². The first-order valence-electron chi connectivity index (χ1n) is 6.32. The molecule has 0 spiro atoms. The van der Waals surface area contributed by atoms with Gasteiger partial charge in [-0.05, 0) is 31.2 Å². The first-order chi connectivity index (χ1) is 8.03. The fourth-order valence-electron chi connectivity index (χ4n) is 2.28. The minimum Gasteiger partial charge on any atom is -0.367 e. The molecule has 1 fully saturated rings. The van der Waals surface area contributed by atoms with Gasteiger partial charge >= 0.3 is 0 Å². The van der Waals surface area contributed by atoms with Crippen LogP contribution in [-0.2, 0) is 4.74 Å². The first-order valence-corrected chi connectivity index (χ1v) is 6.32. The maximum Gasteiger partial charge on any atom is 0.194 e. The zero-order chi connectivity index (χ0) is 12.5. The molecule has 1 aliphatic rings. The highest BCUT2D eigenvalue weighted by Crippen LogP contribution is 2.29. The molecule has 92 valence electrons. The van der Waals surface area contributed by atoms with Gasteiger partial charge in [0.2, 0.25) is 0 Å². The lowest BCUT2D eigenvalue weighted by atomic mass is 9.91. The number of rotatable bonds is 3. The monoisotopic (exact) mass is 232 g/mol. The molecule has 0 radical (unpaired) electrons. The minimum atomic E-state index is -0.598. The van der Waals surface area contributed by atoms with E-state index in [1.807, 2.05) is 31.2 Å². The molecule has 2 rings (SSSR count). The lowest BCUT2D eigenvalue weighted by Crippen LogP contribution is -2.34. The standard InChI is InChI=1S/C15H20O2/c1-11(2)12-5-7-13(8-6-12)14(16)15(3)9-4-10-17-15/h5-8,11H,4,9-10H2,1-3H3. The summed E-state index contributed by atoms with van der Waals surface area (Å²) in [7, 11) is 0. The SMILES string of the molecule is CC(C)c1ccc(C(=O)C2(C)CCCO2)cc1. The number of Topliss-reactive ketones (excluding diaryl/α,β-unsaturated/α-hetero) is 1. The molecule has 0 amide bonds. The van der Waals surface area contributed by atoms with Gasteiger partial charge in [-0.25, -0.2) is 0 Å². The Morgan fingerprint density at radius 2 is 1.94 bits per heavy atom. The average molecular weight is 232 g/mol. The van der Waals surface area contributed by atoms with Crippen molar-refractivity contribution in [2.75, 3.05) is 6.61 Å². The molecule has 0 N–H and O–H groups in total. The molecular formula is C15H20O2. The molecule has 2 heteroatoms. The Bertz CT molecular complexity index is 397. The van der Waals surface area contributed by atoms with Gasteiger partial charge in [0.25, 0.3) is 0 Å². The van der Waals surface area contributed by atoms with Crippen LogP contribution in [0.5, 0.6) is 0 Å². The largest absolute Gasteiger partial charge is 0.367 e. The highest BCUT2D eigenvalue weighted by molar-refractivity contribution is 6.02. The third-order valence-corrected chi connectivity index (χ3v) is 3.54. The van der Waals surface area contributed by atoms with E-state index in [0.717, 1.165) is 18.4 Å². The number of carbonyl (C=O) groups excluding carboxylic acids is 1. The number of ether oxygens (including phenoxy) is 1. The van der Waals surface area contributed by atoms with Crippen molar-refractivity contribution < 1.29 is 9.53 Å². The van der Waals surface area contributed by atoms with Gasteiger partial charge in [0.1, 0.15) is 5.60 Å². The number of hydrogen-bond donors (Lipinski definition) is 0. The van der Waals surface area contributed by atoms with Crippen LogP contribution in [0.25, 0.3) is 0 Å². The van der Waals surface area contributed by atoms with Gasteiger partial charge in [0, 0.05) is 12.2 Å². The Kier molecular flexibility index (Phi) is 3.34. The molecule has 1 aromatic carbocycles. The van der Waals surface area contributed by atoms with Crippen molar-refractivity contribution in [1.82, 2.24) is 0 Å². The van der Waals surface area contributed by atoms with E-state index >= 15 is 0 Å². The van der Waals surface area contributed by atoms with Crippen molar-refractivity contribution in [3.8, 4) is 0 Å². The van der Waals surface area contributed by atoms with E-state index in [0.29, 0.717) is 12.5 Å². The molecule has 1 atom stereocenters. The molecule has 1 unspecified atom stereocenters. The van der Waals surface area contributed by atoms with E-state index < -0.39 is 5.60 Å². The maximum atomic E-state index is 12.3. The van der Waals surface area contributed by atoms with E-state index in [1.165, 1.54) is 5.56 Å². The van der Waals surface area contributed by atoms with E-state index in [9.17, 15) is 4.79 Å². The van der Waals surface area contributed by atoms with Crippen LogP contribution in [0.1, 0.15) is 55.5 Å². The quantitative estimate of drug-likeness (QED) is 0.745. The smallest absolute Gasteiger partial charge is 0.194 e. The maximum absolute atomic E-state index is 12.3. The molecule has 0 aliphatic carbocycles. The van der Waals surface area contributed by atoms with Crippen LogP contribution in [0.15, 0.2) is 24.3 Å². The number of hydrogen-bond acceptors (Lipinski definition) is 2. The van der Waals surface area contributed by atoms with Crippen molar-refractivity contribution in [3.63, 3.8) is 0 Å². The van der Waals surface area contributed by atoms with Crippen molar-refractivity contribution in [2.24, 2.45) is 0 Å². The van der Waals surface area contributed by atoms with Crippen molar-refractivity contribution in [2.45, 2.75) is 45.1 Å². The minimum absolute atomic E-state index is 0.116. The Morgan fingerprint density at radius 3 is 2.41 bits per heavy atom. The summed E-state index contributed by atoms with van der Waals surface area (Å²) in [6.45, 7) is 6.90. The Labute approximate surface area is 103 Å². The predicted molar refractivity (Wildman–Crippen MR) is 68.5 cm³/mol. The van der Waals surface area contributed by atoms with Crippen LogP contribution in [-0.4, -0.2) is 18.0 Å². The fraction of sp³-hybridized carbons (Fsp3) is 0.533. The number of ketones is 1. The van der Waals surface area contributed by atoms with Crippen LogP contribution < -0.4 is 0 Å². The van der Waals surface area contributed by atoms with Crippen LogP contribution in [0.4, 0.5) is 0 Å². The number of benzene rings is 1. The molecule has 1 aromatic rings. The summed E-state index contributed by atoms with van der Waals surface area (Å²) < 4.78 is 5.58. The topological polar surface area (TPSA) is 26.3 Å². The molecular weight excluding hydrogens is 212 g/mol. The molecule has 2 nitrogen and oxygen atoms in total. The molecule has 1 saturated heterocycles. The summed E-state index contributed by atoms with van der Waals surface area (Å²) in [6.07, 6.45) is 1.81. The lowest BCUT2D eigenvalue weighted by Gasteiger charge is -2.21. The van der Waals surface area contributed by atoms with Crippen molar-refractivity contribution >= 4 is 5.78 Å². The van der Waals surface area contributed by atoms with E-state index in [2.05, 4.69) is 13.8 Å². The van der Waals surface area contributed by atoms with Gasteiger partial charge in [-0.2, -0.15) is 0 Å². The second kappa shape index (κ2) is 4.61. The molecule has 0 bridgehead atoms. The van der Waals surface area contributed by atoms with Gasteiger partial charge in [-0.15, -0.1) is 0 Å². The predicted octanol–water partition coefficient (Wildman–Crippen LogP) is 3.56. The zero-order valence-electron chi connectivity index (χ0n) is 10.8. The third kappa shape index (κ3) is 2.42. The summed E-state index contributed by atoms with van der Waals surface area (Å²) >= 11 is 0. The molecule has 1 aliphatic heterocycles. The van der Waals surface area contributed by atoms with Gasteiger partial charge in [-0.1, -0.05) is 38.1 Å². The molecule has 0 aromatic heterocycles. The normalized spacial score (nSPS) is 24.2. The van der Waals surface area contributed by atoms with Gasteiger partial charge in [-0.3, -0.25) is 4.79 Å². The van der Waals surface area contributed by atoms with Crippen molar-refractivity contribution in [3.05, 3.63) is 35.4 Å². The first kappa shape index (κ1) is 12.3. The second-order valence-corrected chi connectivity index (χ2v) is 5.29. The van der Waals surface area contributed by atoms with Crippen molar-refractivity contribution in [1.29, 1.82) is 0 Å². The van der Waals surface area contributed by atoms with Crippen LogP contribution in [0.3, 0.4) is 0 Å². The van der Waals surface area contributed by atoms with Gasteiger partial charge in [0.05, 0.1) is 0 Å². The Balaban J connectivity index is 2.20. The Hall–Kier alpha value is -1.15. The lowest BCUT2D eigenvalue weighted by molar-refractivity contribution is 0.0213. The van der Waals surface area contributed by atoms with Crippen LogP contribution in [0.2, 0.25) is 0 Å². The zero-order valence-corrected chi connectivity index (χ0v) is 10.8.